The van der Waals surface area contributed by atoms with Gasteiger partial charge in [0, 0.05) is 6.20 Å². The summed E-state index contributed by atoms with van der Waals surface area (Å²) in [5, 5.41) is 0. The zero-order valence-electron chi connectivity index (χ0n) is 9.49. The summed E-state index contributed by atoms with van der Waals surface area (Å²) in [5.41, 5.74) is 1.94. The van der Waals surface area contributed by atoms with Crippen molar-refractivity contribution in [2.45, 2.75) is 33.1 Å². The third-order valence-corrected chi connectivity index (χ3v) is 2.16. The molecular weight excluding hydrogens is 190 g/mol. The molecule has 0 spiro atoms. The van der Waals surface area contributed by atoms with Gasteiger partial charge in [0.25, 0.3) is 0 Å². The topological polar surface area (TPSA) is 39.2 Å². The molecule has 0 aliphatic heterocycles. The fraction of sp³-hybridized carbons (Fsp3) is 0.500. The maximum atomic E-state index is 11.3. The zero-order chi connectivity index (χ0) is 11.3. The second-order valence-electron chi connectivity index (χ2n) is 3.68. The van der Waals surface area contributed by atoms with Gasteiger partial charge in [-0.1, -0.05) is 19.9 Å². The van der Waals surface area contributed by atoms with Crippen molar-refractivity contribution in [2.24, 2.45) is 0 Å². The lowest BCUT2D eigenvalue weighted by molar-refractivity contribution is -0.142. The van der Waals surface area contributed by atoms with E-state index in [4.69, 9.17) is 4.74 Å². The van der Waals surface area contributed by atoms with Gasteiger partial charge in [0.15, 0.2) is 0 Å². The molecule has 1 rings (SSSR count). The summed E-state index contributed by atoms with van der Waals surface area (Å²) < 4.78 is 4.90. The second kappa shape index (κ2) is 5.49. The molecule has 0 amide bonds. The van der Waals surface area contributed by atoms with E-state index in [-0.39, 0.29) is 12.4 Å². The van der Waals surface area contributed by atoms with E-state index in [1.54, 1.807) is 13.1 Å². The number of rotatable bonds is 4. The average Bonchev–Trinajstić information content (AvgIpc) is 2.18. The molecule has 0 unspecified atom stereocenters. The first-order valence-corrected chi connectivity index (χ1v) is 5.24. The number of esters is 1. The molecule has 0 saturated carbocycles. The molecule has 15 heavy (non-hydrogen) atoms. The Balaban J connectivity index is 2.80. The molecule has 0 N–H and O–H groups in total. The standard InChI is InChI=1S/C12H17NO2/c1-4-15-12(14)8-11-10(9(2)3)6-5-7-13-11/h5-7,9H,4,8H2,1-3H3. The molecule has 3 nitrogen and oxygen atoms in total. The monoisotopic (exact) mass is 207 g/mol. The van der Waals surface area contributed by atoms with Crippen molar-refractivity contribution >= 4 is 5.97 Å². The van der Waals surface area contributed by atoms with Gasteiger partial charge in [-0.3, -0.25) is 9.78 Å². The van der Waals surface area contributed by atoms with Crippen LogP contribution in [0.1, 0.15) is 37.9 Å². The van der Waals surface area contributed by atoms with E-state index < -0.39 is 0 Å². The molecule has 3 heteroatoms. The Hall–Kier alpha value is -1.38. The minimum Gasteiger partial charge on any atom is -0.466 e. The van der Waals surface area contributed by atoms with Crippen LogP contribution in [0.25, 0.3) is 0 Å². The molecule has 82 valence electrons. The number of carbonyl (C=O) groups is 1. The molecule has 0 aliphatic rings. The molecule has 0 fully saturated rings. The Bertz CT molecular complexity index is 334. The molecule has 0 radical (unpaired) electrons. The maximum absolute atomic E-state index is 11.3. The highest BCUT2D eigenvalue weighted by Gasteiger charge is 2.11. The Morgan fingerprint density at radius 3 is 2.87 bits per heavy atom. The van der Waals surface area contributed by atoms with Crippen LogP contribution in [-0.2, 0) is 16.0 Å². The average molecular weight is 207 g/mol. The van der Waals surface area contributed by atoms with Crippen molar-refractivity contribution < 1.29 is 9.53 Å². The van der Waals surface area contributed by atoms with Gasteiger partial charge < -0.3 is 4.74 Å². The number of nitrogens with zero attached hydrogens (tertiary/aromatic N) is 1. The highest BCUT2D eigenvalue weighted by Crippen LogP contribution is 2.17. The van der Waals surface area contributed by atoms with Crippen LogP contribution in [0, 0.1) is 0 Å². The fourth-order valence-electron chi connectivity index (χ4n) is 1.47. The number of carbonyl (C=O) groups excluding carboxylic acids is 1. The van der Waals surface area contributed by atoms with E-state index in [9.17, 15) is 4.79 Å². The van der Waals surface area contributed by atoms with Crippen LogP contribution in [0.5, 0.6) is 0 Å². The van der Waals surface area contributed by atoms with Crippen LogP contribution in [-0.4, -0.2) is 17.6 Å². The summed E-state index contributed by atoms with van der Waals surface area (Å²) in [7, 11) is 0. The van der Waals surface area contributed by atoms with Crippen LogP contribution in [0.4, 0.5) is 0 Å². The van der Waals surface area contributed by atoms with E-state index >= 15 is 0 Å². The summed E-state index contributed by atoms with van der Waals surface area (Å²) in [6.45, 7) is 6.40. The largest absolute Gasteiger partial charge is 0.466 e. The van der Waals surface area contributed by atoms with Gasteiger partial charge in [0.1, 0.15) is 0 Å². The third-order valence-electron chi connectivity index (χ3n) is 2.16. The van der Waals surface area contributed by atoms with E-state index in [0.717, 1.165) is 11.3 Å². The molecule has 0 saturated heterocycles. The summed E-state index contributed by atoms with van der Waals surface area (Å²) in [6.07, 6.45) is 1.97. The van der Waals surface area contributed by atoms with Crippen LogP contribution < -0.4 is 0 Å². The van der Waals surface area contributed by atoms with Gasteiger partial charge in [-0.15, -0.1) is 0 Å². The summed E-state index contributed by atoms with van der Waals surface area (Å²) in [5.74, 6) is 0.168. The highest BCUT2D eigenvalue weighted by atomic mass is 16.5. The first-order valence-electron chi connectivity index (χ1n) is 5.24. The first kappa shape index (κ1) is 11.7. The second-order valence-corrected chi connectivity index (χ2v) is 3.68. The minimum atomic E-state index is -0.210. The molecule has 0 aromatic carbocycles. The van der Waals surface area contributed by atoms with Crippen molar-refractivity contribution in [3.63, 3.8) is 0 Å². The quantitative estimate of drug-likeness (QED) is 0.711. The molecular formula is C12H17NO2. The number of ether oxygens (including phenoxy) is 1. The molecule has 0 aliphatic carbocycles. The summed E-state index contributed by atoms with van der Waals surface area (Å²) in [6, 6.07) is 3.90. The van der Waals surface area contributed by atoms with Gasteiger partial charge in [0.05, 0.1) is 18.7 Å². The van der Waals surface area contributed by atoms with Crippen molar-refractivity contribution in [3.05, 3.63) is 29.6 Å². The molecule has 1 aromatic rings. The van der Waals surface area contributed by atoms with E-state index in [2.05, 4.69) is 18.8 Å². The predicted molar refractivity (Wildman–Crippen MR) is 58.7 cm³/mol. The van der Waals surface area contributed by atoms with Crippen LogP contribution >= 0.6 is 0 Å². The van der Waals surface area contributed by atoms with E-state index in [1.165, 1.54) is 0 Å². The minimum absolute atomic E-state index is 0.210. The SMILES string of the molecule is CCOC(=O)Cc1ncccc1C(C)C. The van der Waals surface area contributed by atoms with Gasteiger partial charge in [-0.05, 0) is 24.5 Å². The number of pyridine rings is 1. The fourth-order valence-corrected chi connectivity index (χ4v) is 1.47. The maximum Gasteiger partial charge on any atom is 0.311 e. The predicted octanol–water partition coefficient (Wildman–Crippen LogP) is 2.31. The Morgan fingerprint density at radius 2 is 2.27 bits per heavy atom. The molecule has 1 aromatic heterocycles. The van der Waals surface area contributed by atoms with Crippen molar-refractivity contribution in [1.82, 2.24) is 4.98 Å². The van der Waals surface area contributed by atoms with Crippen molar-refractivity contribution in [1.29, 1.82) is 0 Å². The summed E-state index contributed by atoms with van der Waals surface area (Å²) in [4.78, 5) is 15.5. The van der Waals surface area contributed by atoms with Crippen molar-refractivity contribution in [2.75, 3.05) is 6.61 Å². The summed E-state index contributed by atoms with van der Waals surface area (Å²) >= 11 is 0. The Kier molecular flexibility index (Phi) is 4.28. The molecule has 1 heterocycles. The van der Waals surface area contributed by atoms with E-state index in [0.29, 0.717) is 12.5 Å². The number of hydrogen-bond acceptors (Lipinski definition) is 3. The van der Waals surface area contributed by atoms with Gasteiger partial charge in [-0.2, -0.15) is 0 Å². The van der Waals surface area contributed by atoms with Gasteiger partial charge >= 0.3 is 5.97 Å². The lowest BCUT2D eigenvalue weighted by Gasteiger charge is -2.10. The Morgan fingerprint density at radius 1 is 1.53 bits per heavy atom. The van der Waals surface area contributed by atoms with E-state index in [1.807, 2.05) is 12.1 Å². The lowest BCUT2D eigenvalue weighted by atomic mass is 10.00. The van der Waals surface area contributed by atoms with Crippen LogP contribution in [0.3, 0.4) is 0 Å². The van der Waals surface area contributed by atoms with Gasteiger partial charge in [0.2, 0.25) is 0 Å². The smallest absolute Gasteiger partial charge is 0.311 e. The highest BCUT2D eigenvalue weighted by molar-refractivity contribution is 5.72. The first-order chi connectivity index (χ1) is 7.15. The Labute approximate surface area is 90.5 Å². The van der Waals surface area contributed by atoms with Crippen molar-refractivity contribution in [3.8, 4) is 0 Å². The van der Waals surface area contributed by atoms with Crippen LogP contribution in [0.15, 0.2) is 18.3 Å². The third kappa shape index (κ3) is 3.35. The molecule has 0 atom stereocenters. The normalized spacial score (nSPS) is 10.4. The molecule has 0 bridgehead atoms. The number of aromatic nitrogens is 1. The number of hydrogen-bond donors (Lipinski definition) is 0. The zero-order valence-corrected chi connectivity index (χ0v) is 9.49. The van der Waals surface area contributed by atoms with Gasteiger partial charge in [-0.25, -0.2) is 0 Å². The lowest BCUT2D eigenvalue weighted by Crippen LogP contribution is -2.11. The van der Waals surface area contributed by atoms with Crippen LogP contribution in [0.2, 0.25) is 0 Å².